The van der Waals surface area contributed by atoms with Crippen LogP contribution in [0.15, 0.2) is 24.3 Å². The molecular formula is C19H22N4O4. The van der Waals surface area contributed by atoms with Crippen LogP contribution in [0.2, 0.25) is 0 Å². The lowest BCUT2D eigenvalue weighted by molar-refractivity contribution is -0.135. The van der Waals surface area contributed by atoms with Crippen molar-refractivity contribution in [2.75, 3.05) is 38.1 Å². The number of nitriles is 1. The van der Waals surface area contributed by atoms with Crippen LogP contribution >= 0.6 is 0 Å². The molecule has 1 aromatic carbocycles. The lowest BCUT2D eigenvalue weighted by atomic mass is 10.2. The number of nitrogens with one attached hydrogen (secondary N) is 1. The molecule has 1 saturated heterocycles. The van der Waals surface area contributed by atoms with Crippen molar-refractivity contribution in [2.24, 2.45) is 11.8 Å². The van der Waals surface area contributed by atoms with Crippen molar-refractivity contribution in [3.05, 3.63) is 29.8 Å². The summed E-state index contributed by atoms with van der Waals surface area (Å²) in [6, 6.07) is 8.71. The van der Waals surface area contributed by atoms with Crippen LogP contribution in [-0.4, -0.2) is 60.5 Å². The van der Waals surface area contributed by atoms with Crippen LogP contribution in [0.25, 0.3) is 0 Å². The molecule has 1 heterocycles. The molecule has 3 amide bonds. The quantitative estimate of drug-likeness (QED) is 0.864. The third-order valence-electron chi connectivity index (χ3n) is 4.82. The van der Waals surface area contributed by atoms with Gasteiger partial charge in [0.25, 0.3) is 0 Å². The third kappa shape index (κ3) is 4.37. The summed E-state index contributed by atoms with van der Waals surface area (Å²) in [6.45, 7) is 3.87. The Balaban J connectivity index is 1.48. The van der Waals surface area contributed by atoms with Crippen molar-refractivity contribution < 1.29 is 19.1 Å². The first-order valence-electron chi connectivity index (χ1n) is 9.05. The normalized spacial score (nSPS) is 21.2. The number of piperazine rings is 1. The number of hydrogen-bond acceptors (Lipinski definition) is 5. The van der Waals surface area contributed by atoms with Gasteiger partial charge < -0.3 is 19.9 Å². The Morgan fingerprint density at radius 1 is 1.19 bits per heavy atom. The van der Waals surface area contributed by atoms with Gasteiger partial charge in [0, 0.05) is 31.9 Å². The molecule has 1 aliphatic heterocycles. The minimum Gasteiger partial charge on any atom is -0.450 e. The minimum absolute atomic E-state index is 0.0376. The highest BCUT2D eigenvalue weighted by atomic mass is 16.6. The predicted octanol–water partition coefficient (Wildman–Crippen LogP) is 1.43. The highest BCUT2D eigenvalue weighted by Crippen LogP contribution is 2.41. The van der Waals surface area contributed by atoms with Gasteiger partial charge in [-0.3, -0.25) is 9.59 Å². The van der Waals surface area contributed by atoms with Crippen molar-refractivity contribution in [2.45, 2.75) is 13.3 Å². The molecule has 27 heavy (non-hydrogen) atoms. The molecule has 0 bridgehead atoms. The van der Waals surface area contributed by atoms with E-state index in [1.54, 1.807) is 41.0 Å². The van der Waals surface area contributed by atoms with Gasteiger partial charge in [0.15, 0.2) is 0 Å². The fraction of sp³-hybridized carbons (Fsp3) is 0.474. The number of ether oxygens (including phenoxy) is 1. The summed E-state index contributed by atoms with van der Waals surface area (Å²) in [5.74, 6) is -0.886. The Morgan fingerprint density at radius 3 is 2.56 bits per heavy atom. The van der Waals surface area contributed by atoms with E-state index in [4.69, 9.17) is 10.00 Å². The Morgan fingerprint density at radius 2 is 1.89 bits per heavy atom. The molecule has 2 unspecified atom stereocenters. The standard InChI is InChI=1S/C19H22N4O4/c1-2-27-19(26)23-8-6-22(7-9-23)18(25)16-11-15(16)17(24)21-14-5-3-4-13(10-14)12-20/h3-5,10,15-16H,2,6-9,11H2,1H3,(H,21,24). The number of benzene rings is 1. The Kier molecular flexibility index (Phi) is 5.60. The number of nitrogens with zero attached hydrogens (tertiary/aromatic N) is 3. The second kappa shape index (κ2) is 8.08. The van der Waals surface area contributed by atoms with Crippen LogP contribution in [0, 0.1) is 23.2 Å². The average Bonchev–Trinajstić information content (AvgIpc) is 3.49. The van der Waals surface area contributed by atoms with Crippen LogP contribution in [0.5, 0.6) is 0 Å². The van der Waals surface area contributed by atoms with E-state index in [1.807, 2.05) is 6.07 Å². The van der Waals surface area contributed by atoms with Gasteiger partial charge >= 0.3 is 6.09 Å². The molecule has 2 atom stereocenters. The van der Waals surface area contributed by atoms with Crippen molar-refractivity contribution in [3.8, 4) is 6.07 Å². The SMILES string of the molecule is CCOC(=O)N1CCN(C(=O)C2CC2C(=O)Nc2cccc(C#N)c2)CC1. The zero-order chi connectivity index (χ0) is 19.4. The summed E-state index contributed by atoms with van der Waals surface area (Å²) in [6.07, 6.45) is 0.175. The third-order valence-corrected chi connectivity index (χ3v) is 4.82. The molecule has 142 valence electrons. The smallest absolute Gasteiger partial charge is 0.409 e. The average molecular weight is 370 g/mol. The predicted molar refractivity (Wildman–Crippen MR) is 96.6 cm³/mol. The fourth-order valence-electron chi connectivity index (χ4n) is 3.22. The van der Waals surface area contributed by atoms with Crippen molar-refractivity contribution in [1.29, 1.82) is 5.26 Å². The van der Waals surface area contributed by atoms with Gasteiger partial charge in [-0.25, -0.2) is 4.79 Å². The highest BCUT2D eigenvalue weighted by molar-refractivity contribution is 5.99. The van der Waals surface area contributed by atoms with Gasteiger partial charge in [0.05, 0.1) is 30.1 Å². The van der Waals surface area contributed by atoms with E-state index in [0.29, 0.717) is 50.5 Å². The molecule has 2 fully saturated rings. The molecule has 1 aliphatic carbocycles. The summed E-state index contributed by atoms with van der Waals surface area (Å²) in [5.41, 5.74) is 1.02. The number of amides is 3. The van der Waals surface area contributed by atoms with Crippen LogP contribution in [-0.2, 0) is 14.3 Å². The summed E-state index contributed by atoms with van der Waals surface area (Å²) >= 11 is 0. The molecular weight excluding hydrogens is 348 g/mol. The Hall–Kier alpha value is -3.08. The molecule has 1 N–H and O–H groups in total. The lowest BCUT2D eigenvalue weighted by Crippen LogP contribution is -2.51. The van der Waals surface area contributed by atoms with E-state index < -0.39 is 0 Å². The van der Waals surface area contributed by atoms with Gasteiger partial charge in [0.1, 0.15) is 0 Å². The second-order valence-electron chi connectivity index (χ2n) is 6.64. The number of carbonyl (C=O) groups is 3. The molecule has 0 spiro atoms. The van der Waals surface area contributed by atoms with Crippen LogP contribution in [0.4, 0.5) is 10.5 Å². The highest BCUT2D eigenvalue weighted by Gasteiger charge is 2.49. The van der Waals surface area contributed by atoms with E-state index in [0.717, 1.165) is 0 Å². The van der Waals surface area contributed by atoms with Gasteiger partial charge in [-0.05, 0) is 31.5 Å². The maximum absolute atomic E-state index is 12.6. The molecule has 1 aromatic rings. The van der Waals surface area contributed by atoms with Gasteiger partial charge in [-0.2, -0.15) is 5.26 Å². The molecule has 0 aromatic heterocycles. The summed E-state index contributed by atoms with van der Waals surface area (Å²) < 4.78 is 4.97. The van der Waals surface area contributed by atoms with Gasteiger partial charge in [-0.15, -0.1) is 0 Å². The molecule has 8 nitrogen and oxygen atoms in total. The van der Waals surface area contributed by atoms with Crippen molar-refractivity contribution >= 4 is 23.6 Å². The molecule has 3 rings (SSSR count). The topological polar surface area (TPSA) is 103 Å². The molecule has 0 radical (unpaired) electrons. The van der Waals surface area contributed by atoms with Crippen molar-refractivity contribution in [3.63, 3.8) is 0 Å². The first-order chi connectivity index (χ1) is 13.0. The minimum atomic E-state index is -0.354. The van der Waals surface area contributed by atoms with Gasteiger partial charge in [-0.1, -0.05) is 6.07 Å². The summed E-state index contributed by atoms with van der Waals surface area (Å²) in [5, 5.41) is 11.7. The van der Waals surface area contributed by atoms with E-state index in [2.05, 4.69) is 5.32 Å². The lowest BCUT2D eigenvalue weighted by Gasteiger charge is -2.34. The maximum Gasteiger partial charge on any atom is 0.409 e. The van der Waals surface area contributed by atoms with E-state index in [-0.39, 0.29) is 29.7 Å². The fourth-order valence-corrected chi connectivity index (χ4v) is 3.22. The zero-order valence-electron chi connectivity index (χ0n) is 15.2. The number of rotatable bonds is 4. The monoisotopic (exact) mass is 370 g/mol. The van der Waals surface area contributed by atoms with Crippen LogP contribution in [0.1, 0.15) is 18.9 Å². The number of hydrogen-bond donors (Lipinski definition) is 1. The zero-order valence-corrected chi connectivity index (χ0v) is 15.2. The first kappa shape index (κ1) is 18.7. The van der Waals surface area contributed by atoms with Crippen LogP contribution < -0.4 is 5.32 Å². The van der Waals surface area contributed by atoms with Crippen molar-refractivity contribution in [1.82, 2.24) is 9.80 Å². The summed E-state index contributed by atoms with van der Waals surface area (Å²) in [7, 11) is 0. The summed E-state index contributed by atoms with van der Waals surface area (Å²) in [4.78, 5) is 40.0. The van der Waals surface area contributed by atoms with Crippen LogP contribution in [0.3, 0.4) is 0 Å². The number of carbonyl (C=O) groups excluding carboxylic acids is 3. The molecule has 1 saturated carbocycles. The van der Waals surface area contributed by atoms with E-state index in [1.165, 1.54) is 0 Å². The van der Waals surface area contributed by atoms with Gasteiger partial charge in [0.2, 0.25) is 11.8 Å². The number of anilines is 1. The van der Waals surface area contributed by atoms with E-state index >= 15 is 0 Å². The van der Waals surface area contributed by atoms with E-state index in [9.17, 15) is 14.4 Å². The first-order valence-corrected chi connectivity index (χ1v) is 9.05. The maximum atomic E-state index is 12.6. The molecule has 2 aliphatic rings. The molecule has 8 heteroatoms. The largest absolute Gasteiger partial charge is 0.450 e. The second-order valence-corrected chi connectivity index (χ2v) is 6.64. The Bertz CT molecular complexity index is 780. The Labute approximate surface area is 157 Å².